The molecule has 0 saturated heterocycles. The lowest BCUT2D eigenvalue weighted by atomic mass is 10.5. The second-order valence-electron chi connectivity index (χ2n) is 1.49. The molecule has 0 aromatic carbocycles. The van der Waals surface area contributed by atoms with Gasteiger partial charge in [-0.3, -0.25) is 0 Å². The molecule has 0 atom stereocenters. The van der Waals surface area contributed by atoms with E-state index >= 15 is 0 Å². The summed E-state index contributed by atoms with van der Waals surface area (Å²) in [5.74, 6) is 0. The lowest BCUT2D eigenvalue weighted by molar-refractivity contribution is 1.44. The zero-order valence-corrected chi connectivity index (χ0v) is 6.78. The van der Waals surface area contributed by atoms with Crippen LogP contribution >= 0.6 is 35.6 Å². The predicted octanol–water partition coefficient (Wildman–Crippen LogP) is 3.00. The van der Waals surface area contributed by atoms with E-state index in [1.165, 1.54) is 4.88 Å². The van der Waals surface area contributed by atoms with Crippen molar-refractivity contribution in [2.24, 2.45) is 0 Å². The van der Waals surface area contributed by atoms with Crippen LogP contribution in [0.15, 0.2) is 10.3 Å². The Morgan fingerprint density at radius 3 is 2.50 bits per heavy atom. The molecule has 1 aromatic rings. The largest absolute Gasteiger partial charge is 0.146 e. The fourth-order valence-electron chi connectivity index (χ4n) is 0.420. The lowest BCUT2D eigenvalue weighted by Crippen LogP contribution is -1.59. The molecule has 0 spiro atoms. The van der Waals surface area contributed by atoms with Gasteiger partial charge in [0.15, 0.2) is 0 Å². The molecule has 1 rings (SSSR count). The standard InChI is InChI=1S/C5H5ClS2/c1-3-5(7)4(6)2-8-3/h2,7H,1H3. The molecule has 0 nitrogen and oxygen atoms in total. The lowest BCUT2D eigenvalue weighted by Gasteiger charge is -1.83. The van der Waals surface area contributed by atoms with Crippen LogP contribution in [0.1, 0.15) is 4.88 Å². The van der Waals surface area contributed by atoms with Crippen LogP contribution in [-0.2, 0) is 0 Å². The fraction of sp³-hybridized carbons (Fsp3) is 0.200. The highest BCUT2D eigenvalue weighted by atomic mass is 35.5. The number of rotatable bonds is 0. The second kappa shape index (κ2) is 2.29. The molecule has 0 N–H and O–H groups in total. The molecule has 0 amide bonds. The molecule has 0 fully saturated rings. The van der Waals surface area contributed by atoms with Crippen molar-refractivity contribution in [3.05, 3.63) is 15.3 Å². The van der Waals surface area contributed by atoms with E-state index in [4.69, 9.17) is 11.6 Å². The van der Waals surface area contributed by atoms with Crippen molar-refractivity contribution < 1.29 is 0 Å². The third kappa shape index (κ3) is 1.02. The van der Waals surface area contributed by atoms with Crippen LogP contribution < -0.4 is 0 Å². The minimum Gasteiger partial charge on any atom is -0.146 e. The topological polar surface area (TPSA) is 0 Å². The highest BCUT2D eigenvalue weighted by molar-refractivity contribution is 7.80. The van der Waals surface area contributed by atoms with Crippen LogP contribution in [0.4, 0.5) is 0 Å². The van der Waals surface area contributed by atoms with Crippen LogP contribution in [0.5, 0.6) is 0 Å². The Balaban J connectivity index is 3.19. The van der Waals surface area contributed by atoms with Crippen molar-refractivity contribution in [3.63, 3.8) is 0 Å². The van der Waals surface area contributed by atoms with Gasteiger partial charge in [0.25, 0.3) is 0 Å². The average Bonchev–Trinajstić information content (AvgIpc) is 1.98. The number of aryl methyl sites for hydroxylation is 1. The van der Waals surface area contributed by atoms with Crippen molar-refractivity contribution >= 4 is 35.6 Å². The summed E-state index contributed by atoms with van der Waals surface area (Å²) in [7, 11) is 0. The summed E-state index contributed by atoms with van der Waals surface area (Å²) in [6.07, 6.45) is 0. The molecule has 0 unspecified atom stereocenters. The monoisotopic (exact) mass is 164 g/mol. The maximum atomic E-state index is 5.66. The molecule has 0 bridgehead atoms. The van der Waals surface area contributed by atoms with Gasteiger partial charge < -0.3 is 0 Å². The van der Waals surface area contributed by atoms with E-state index in [2.05, 4.69) is 12.6 Å². The Kier molecular flexibility index (Phi) is 1.85. The van der Waals surface area contributed by atoms with Gasteiger partial charge in [-0.05, 0) is 6.92 Å². The first-order valence-corrected chi connectivity index (χ1v) is 3.85. The van der Waals surface area contributed by atoms with E-state index in [1.54, 1.807) is 11.3 Å². The third-order valence-corrected chi connectivity index (χ3v) is 3.10. The molecule has 1 heterocycles. The summed E-state index contributed by atoms with van der Waals surface area (Å²) < 4.78 is 0. The van der Waals surface area contributed by atoms with Crippen molar-refractivity contribution in [2.45, 2.75) is 11.8 Å². The van der Waals surface area contributed by atoms with Gasteiger partial charge in [0.05, 0.1) is 5.02 Å². The maximum absolute atomic E-state index is 5.66. The van der Waals surface area contributed by atoms with E-state index in [-0.39, 0.29) is 0 Å². The molecule has 1 aromatic heterocycles. The molecular weight excluding hydrogens is 160 g/mol. The summed E-state index contributed by atoms with van der Waals surface area (Å²) in [4.78, 5) is 2.09. The van der Waals surface area contributed by atoms with Crippen molar-refractivity contribution in [3.8, 4) is 0 Å². The molecular formula is C5H5ClS2. The van der Waals surface area contributed by atoms with Crippen molar-refractivity contribution in [1.82, 2.24) is 0 Å². The van der Waals surface area contributed by atoms with Crippen molar-refractivity contribution in [2.75, 3.05) is 0 Å². The highest BCUT2D eigenvalue weighted by Gasteiger charge is 1.98. The maximum Gasteiger partial charge on any atom is 0.0649 e. The first-order chi connectivity index (χ1) is 3.72. The first kappa shape index (κ1) is 6.46. The number of halogens is 1. The number of hydrogen-bond acceptors (Lipinski definition) is 2. The summed E-state index contributed by atoms with van der Waals surface area (Å²) in [5.41, 5.74) is 0. The summed E-state index contributed by atoms with van der Waals surface area (Å²) in [6, 6.07) is 0. The Hall–Kier alpha value is 0.340. The first-order valence-electron chi connectivity index (χ1n) is 2.14. The zero-order valence-electron chi connectivity index (χ0n) is 4.31. The summed E-state index contributed by atoms with van der Waals surface area (Å²) in [6.45, 7) is 2.00. The van der Waals surface area contributed by atoms with Crippen LogP contribution in [0.2, 0.25) is 5.02 Å². The van der Waals surface area contributed by atoms with Gasteiger partial charge in [-0.25, -0.2) is 0 Å². The molecule has 44 valence electrons. The molecule has 0 saturated carbocycles. The molecule has 0 aliphatic heterocycles. The highest BCUT2D eigenvalue weighted by Crippen LogP contribution is 2.28. The molecule has 0 aliphatic rings. The Morgan fingerprint density at radius 1 is 1.75 bits per heavy atom. The van der Waals surface area contributed by atoms with Gasteiger partial charge in [0, 0.05) is 15.2 Å². The van der Waals surface area contributed by atoms with Crippen LogP contribution in [-0.4, -0.2) is 0 Å². The minimum atomic E-state index is 0.760. The molecule has 0 aliphatic carbocycles. The van der Waals surface area contributed by atoms with E-state index in [0.717, 1.165) is 9.92 Å². The predicted molar refractivity (Wildman–Crippen MR) is 41.3 cm³/mol. The van der Waals surface area contributed by atoms with Crippen molar-refractivity contribution in [1.29, 1.82) is 0 Å². The van der Waals surface area contributed by atoms with Crippen LogP contribution in [0, 0.1) is 6.92 Å². The number of thiophene rings is 1. The van der Waals surface area contributed by atoms with E-state index in [9.17, 15) is 0 Å². The Labute approximate surface area is 62.9 Å². The second-order valence-corrected chi connectivity index (χ2v) is 3.43. The molecule has 8 heavy (non-hydrogen) atoms. The van der Waals surface area contributed by atoms with Crippen LogP contribution in [0.3, 0.4) is 0 Å². The Bertz CT molecular complexity index is 173. The normalized spacial score (nSPS) is 9.88. The fourth-order valence-corrected chi connectivity index (χ4v) is 1.68. The quantitative estimate of drug-likeness (QED) is 0.560. The zero-order chi connectivity index (χ0) is 6.15. The van der Waals surface area contributed by atoms with E-state index in [1.807, 2.05) is 12.3 Å². The number of thiol groups is 1. The molecule has 3 heteroatoms. The smallest absolute Gasteiger partial charge is 0.0649 e. The van der Waals surface area contributed by atoms with Gasteiger partial charge in [-0.2, -0.15) is 0 Å². The summed E-state index contributed by atoms with van der Waals surface area (Å²) >= 11 is 11.4. The SMILES string of the molecule is Cc1scc(Cl)c1S. The minimum absolute atomic E-state index is 0.760. The van der Waals surface area contributed by atoms with E-state index in [0.29, 0.717) is 0 Å². The van der Waals surface area contributed by atoms with E-state index < -0.39 is 0 Å². The van der Waals surface area contributed by atoms with Gasteiger partial charge >= 0.3 is 0 Å². The van der Waals surface area contributed by atoms with Gasteiger partial charge in [-0.1, -0.05) is 11.6 Å². The summed E-state index contributed by atoms with van der Waals surface area (Å²) in [5, 5.41) is 2.65. The Morgan fingerprint density at radius 2 is 2.38 bits per heavy atom. The average molecular weight is 165 g/mol. The van der Waals surface area contributed by atoms with Crippen LogP contribution in [0.25, 0.3) is 0 Å². The molecule has 0 radical (unpaired) electrons. The van der Waals surface area contributed by atoms with Gasteiger partial charge in [0.2, 0.25) is 0 Å². The van der Waals surface area contributed by atoms with Gasteiger partial charge in [0.1, 0.15) is 0 Å². The van der Waals surface area contributed by atoms with Gasteiger partial charge in [-0.15, -0.1) is 24.0 Å². The third-order valence-electron chi connectivity index (χ3n) is 0.899. The number of hydrogen-bond donors (Lipinski definition) is 1.